The fourth-order valence-corrected chi connectivity index (χ4v) is 2.91. The highest BCUT2D eigenvalue weighted by Gasteiger charge is 2.47. The maximum atomic E-state index is 12.7. The van der Waals surface area contributed by atoms with Crippen LogP contribution in [0.25, 0.3) is 0 Å². The Bertz CT molecular complexity index is 430. The summed E-state index contributed by atoms with van der Waals surface area (Å²) in [5.74, 6) is 0.323. The fraction of sp³-hybridized carbons (Fsp3) is 0.562. The predicted molar refractivity (Wildman–Crippen MR) is 74.6 cm³/mol. The normalized spacial score (nSPS) is 17.1. The molecule has 0 aromatic heterocycles. The number of benzene rings is 1. The van der Waals surface area contributed by atoms with Crippen LogP contribution in [-0.2, 0) is 10.2 Å². The molecule has 1 fully saturated rings. The number of likely N-dealkylation sites (N-methyl/N-ethyl adjacent to an activating group) is 1. The van der Waals surface area contributed by atoms with Gasteiger partial charge in [-0.05, 0) is 39.2 Å². The SMILES string of the molecule is CCN(CC)C(=O)C1(c2cccc(C)c2)CCC1. The van der Waals surface area contributed by atoms with Gasteiger partial charge in [0, 0.05) is 13.1 Å². The van der Waals surface area contributed by atoms with Crippen LogP contribution < -0.4 is 0 Å². The molecular formula is C16H23NO. The molecule has 1 aromatic carbocycles. The van der Waals surface area contributed by atoms with Crippen molar-refractivity contribution >= 4 is 5.91 Å². The molecule has 0 saturated heterocycles. The van der Waals surface area contributed by atoms with Crippen molar-refractivity contribution in [3.05, 3.63) is 35.4 Å². The van der Waals surface area contributed by atoms with Gasteiger partial charge < -0.3 is 4.90 Å². The molecule has 0 spiro atoms. The molecule has 0 bridgehead atoms. The second-order valence-corrected chi connectivity index (χ2v) is 5.28. The summed E-state index contributed by atoms with van der Waals surface area (Å²) >= 11 is 0. The van der Waals surface area contributed by atoms with E-state index < -0.39 is 0 Å². The largest absolute Gasteiger partial charge is 0.342 e. The van der Waals surface area contributed by atoms with Crippen LogP contribution in [0.15, 0.2) is 24.3 Å². The highest BCUT2D eigenvalue weighted by atomic mass is 16.2. The third-order valence-corrected chi connectivity index (χ3v) is 4.24. The molecule has 2 rings (SSSR count). The second-order valence-electron chi connectivity index (χ2n) is 5.28. The molecule has 18 heavy (non-hydrogen) atoms. The van der Waals surface area contributed by atoms with Crippen LogP contribution in [0.2, 0.25) is 0 Å². The zero-order valence-electron chi connectivity index (χ0n) is 11.7. The van der Waals surface area contributed by atoms with Gasteiger partial charge in [0.25, 0.3) is 0 Å². The maximum absolute atomic E-state index is 12.7. The van der Waals surface area contributed by atoms with E-state index in [0.29, 0.717) is 5.91 Å². The van der Waals surface area contributed by atoms with Gasteiger partial charge in [-0.3, -0.25) is 4.79 Å². The fourth-order valence-electron chi connectivity index (χ4n) is 2.91. The van der Waals surface area contributed by atoms with Crippen LogP contribution in [0.4, 0.5) is 0 Å². The minimum atomic E-state index is -0.224. The second kappa shape index (κ2) is 5.13. The molecule has 98 valence electrons. The lowest BCUT2D eigenvalue weighted by atomic mass is 9.63. The topological polar surface area (TPSA) is 20.3 Å². The molecule has 2 heteroatoms. The van der Waals surface area contributed by atoms with Gasteiger partial charge in [-0.1, -0.05) is 36.2 Å². The first kappa shape index (κ1) is 13.1. The molecule has 0 atom stereocenters. The summed E-state index contributed by atoms with van der Waals surface area (Å²) in [6.07, 6.45) is 3.18. The molecule has 0 aliphatic heterocycles. The third kappa shape index (κ3) is 2.05. The number of carbonyl (C=O) groups excluding carboxylic acids is 1. The molecule has 1 aromatic rings. The van der Waals surface area contributed by atoms with Crippen LogP contribution in [0.5, 0.6) is 0 Å². The zero-order valence-corrected chi connectivity index (χ0v) is 11.7. The van der Waals surface area contributed by atoms with Gasteiger partial charge in [0.2, 0.25) is 5.91 Å². The molecule has 0 N–H and O–H groups in total. The lowest BCUT2D eigenvalue weighted by molar-refractivity contribution is -0.140. The quantitative estimate of drug-likeness (QED) is 0.797. The molecule has 1 amide bonds. The van der Waals surface area contributed by atoms with Crippen LogP contribution in [0, 0.1) is 6.92 Å². The number of hydrogen-bond acceptors (Lipinski definition) is 1. The Morgan fingerprint density at radius 1 is 1.28 bits per heavy atom. The Morgan fingerprint density at radius 3 is 2.39 bits per heavy atom. The Hall–Kier alpha value is -1.31. The van der Waals surface area contributed by atoms with Crippen LogP contribution in [-0.4, -0.2) is 23.9 Å². The summed E-state index contributed by atoms with van der Waals surface area (Å²) in [6.45, 7) is 7.83. The van der Waals surface area contributed by atoms with Gasteiger partial charge in [-0.2, -0.15) is 0 Å². The highest BCUT2D eigenvalue weighted by molar-refractivity contribution is 5.89. The summed E-state index contributed by atoms with van der Waals surface area (Å²) in [5, 5.41) is 0. The number of carbonyl (C=O) groups is 1. The zero-order chi connectivity index (χ0) is 13.2. The van der Waals surface area contributed by atoms with Crippen LogP contribution in [0.3, 0.4) is 0 Å². The molecule has 1 aliphatic rings. The Kier molecular flexibility index (Phi) is 3.74. The smallest absolute Gasteiger partial charge is 0.233 e. The van der Waals surface area contributed by atoms with Crippen molar-refractivity contribution < 1.29 is 4.79 Å². The van der Waals surface area contributed by atoms with Crippen molar-refractivity contribution in [2.45, 2.75) is 45.4 Å². The summed E-state index contributed by atoms with van der Waals surface area (Å²) < 4.78 is 0. The molecular weight excluding hydrogens is 222 g/mol. The standard InChI is InChI=1S/C16H23NO/c1-4-17(5-2)15(18)16(10-7-11-16)14-9-6-8-13(3)12-14/h6,8-9,12H,4-5,7,10-11H2,1-3H3. The van der Waals surface area contributed by atoms with Crippen molar-refractivity contribution in [2.24, 2.45) is 0 Å². The third-order valence-electron chi connectivity index (χ3n) is 4.24. The van der Waals surface area contributed by atoms with E-state index in [1.54, 1.807) is 0 Å². The van der Waals surface area contributed by atoms with Crippen LogP contribution in [0.1, 0.15) is 44.2 Å². The number of amides is 1. The predicted octanol–water partition coefficient (Wildman–Crippen LogP) is 3.29. The summed E-state index contributed by atoms with van der Waals surface area (Å²) in [5.41, 5.74) is 2.23. The van der Waals surface area contributed by atoms with E-state index in [2.05, 4.69) is 45.0 Å². The number of nitrogens with zero attached hydrogens (tertiary/aromatic N) is 1. The van der Waals surface area contributed by atoms with E-state index in [4.69, 9.17) is 0 Å². The van der Waals surface area contributed by atoms with E-state index in [1.165, 1.54) is 17.5 Å². The number of rotatable bonds is 4. The Balaban J connectivity index is 2.34. The molecule has 0 unspecified atom stereocenters. The van der Waals surface area contributed by atoms with Gasteiger partial charge in [0.1, 0.15) is 0 Å². The lowest BCUT2D eigenvalue weighted by Crippen LogP contribution is -2.51. The highest BCUT2D eigenvalue weighted by Crippen LogP contribution is 2.45. The minimum absolute atomic E-state index is 0.224. The summed E-state index contributed by atoms with van der Waals surface area (Å²) in [7, 11) is 0. The Labute approximate surface area is 110 Å². The van der Waals surface area contributed by atoms with Gasteiger partial charge in [-0.25, -0.2) is 0 Å². The van der Waals surface area contributed by atoms with Crippen molar-refractivity contribution in [1.29, 1.82) is 0 Å². The number of aryl methyl sites for hydroxylation is 1. The van der Waals surface area contributed by atoms with E-state index >= 15 is 0 Å². The van der Waals surface area contributed by atoms with E-state index in [9.17, 15) is 4.79 Å². The molecule has 1 aliphatic carbocycles. The van der Waals surface area contributed by atoms with Crippen molar-refractivity contribution in [3.63, 3.8) is 0 Å². The molecule has 1 saturated carbocycles. The molecule has 2 nitrogen and oxygen atoms in total. The first-order valence-electron chi connectivity index (χ1n) is 7.00. The molecule has 0 heterocycles. The average molecular weight is 245 g/mol. The summed E-state index contributed by atoms with van der Waals surface area (Å²) in [6, 6.07) is 8.46. The number of hydrogen-bond donors (Lipinski definition) is 0. The monoisotopic (exact) mass is 245 g/mol. The van der Waals surface area contributed by atoms with Gasteiger partial charge in [0.05, 0.1) is 5.41 Å². The lowest BCUT2D eigenvalue weighted by Gasteiger charge is -2.43. The average Bonchev–Trinajstić information content (AvgIpc) is 2.29. The first-order valence-corrected chi connectivity index (χ1v) is 7.00. The van der Waals surface area contributed by atoms with E-state index in [1.807, 2.05) is 4.90 Å². The molecule has 0 radical (unpaired) electrons. The van der Waals surface area contributed by atoms with Gasteiger partial charge in [0.15, 0.2) is 0 Å². The Morgan fingerprint density at radius 2 is 1.94 bits per heavy atom. The first-order chi connectivity index (χ1) is 8.64. The maximum Gasteiger partial charge on any atom is 0.233 e. The van der Waals surface area contributed by atoms with E-state index in [-0.39, 0.29) is 5.41 Å². The van der Waals surface area contributed by atoms with E-state index in [0.717, 1.165) is 25.9 Å². The van der Waals surface area contributed by atoms with Crippen molar-refractivity contribution in [2.75, 3.05) is 13.1 Å². The van der Waals surface area contributed by atoms with Crippen molar-refractivity contribution in [1.82, 2.24) is 4.90 Å². The van der Waals surface area contributed by atoms with Crippen molar-refractivity contribution in [3.8, 4) is 0 Å². The van der Waals surface area contributed by atoms with Crippen LogP contribution >= 0.6 is 0 Å². The minimum Gasteiger partial charge on any atom is -0.342 e. The van der Waals surface area contributed by atoms with Gasteiger partial charge in [-0.15, -0.1) is 0 Å². The summed E-state index contributed by atoms with van der Waals surface area (Å²) in [4.78, 5) is 14.7. The van der Waals surface area contributed by atoms with Gasteiger partial charge >= 0.3 is 0 Å².